The van der Waals surface area contributed by atoms with Gasteiger partial charge in [0.2, 0.25) is 5.91 Å². The molecule has 0 saturated carbocycles. The highest BCUT2D eigenvalue weighted by atomic mass is 35.5. The van der Waals surface area contributed by atoms with Crippen LogP contribution in [0.4, 0.5) is 5.69 Å². The number of amides is 1. The van der Waals surface area contributed by atoms with Gasteiger partial charge in [0.15, 0.2) is 0 Å². The minimum Gasteiger partial charge on any atom is -0.324 e. The van der Waals surface area contributed by atoms with E-state index >= 15 is 0 Å². The third kappa shape index (κ3) is 4.28. The number of carbonyl (C=O) groups excluding carboxylic acids is 1. The van der Waals surface area contributed by atoms with Crippen molar-refractivity contribution in [2.75, 3.05) is 5.32 Å². The molecule has 0 bridgehead atoms. The number of carbonyl (C=O) groups is 1. The highest BCUT2D eigenvalue weighted by Crippen LogP contribution is 2.27. The molecule has 0 aliphatic heterocycles. The number of rotatable bonds is 4. The van der Waals surface area contributed by atoms with E-state index in [1.54, 1.807) is 0 Å². The van der Waals surface area contributed by atoms with E-state index in [-0.39, 0.29) is 5.91 Å². The van der Waals surface area contributed by atoms with Crippen LogP contribution in [0.2, 0.25) is 5.02 Å². The standard InChI is InChI=1S/C22H20ClNO/c1-15-12-16(2)22(20(23)13-15)24-21(25)14-17-8-10-19(11-9-17)18-6-4-3-5-7-18/h3-13H,14H2,1-2H3,(H,24,25). The lowest BCUT2D eigenvalue weighted by molar-refractivity contribution is -0.115. The second-order valence-corrected chi connectivity index (χ2v) is 6.63. The summed E-state index contributed by atoms with van der Waals surface area (Å²) in [7, 11) is 0. The molecule has 3 aromatic rings. The Kier molecular flexibility index (Phi) is 5.20. The summed E-state index contributed by atoms with van der Waals surface area (Å²) in [5.74, 6) is -0.0682. The number of anilines is 1. The van der Waals surface area contributed by atoms with Crippen LogP contribution in [0.3, 0.4) is 0 Å². The maximum absolute atomic E-state index is 12.4. The molecule has 126 valence electrons. The van der Waals surface area contributed by atoms with Crippen LogP contribution in [-0.2, 0) is 11.2 Å². The summed E-state index contributed by atoms with van der Waals surface area (Å²) >= 11 is 6.26. The molecule has 0 atom stereocenters. The Labute approximate surface area is 153 Å². The Morgan fingerprint density at radius 2 is 1.56 bits per heavy atom. The van der Waals surface area contributed by atoms with Crippen LogP contribution in [0.25, 0.3) is 11.1 Å². The van der Waals surface area contributed by atoms with Gasteiger partial charge in [0, 0.05) is 0 Å². The van der Waals surface area contributed by atoms with E-state index in [4.69, 9.17) is 11.6 Å². The van der Waals surface area contributed by atoms with Crippen LogP contribution in [0, 0.1) is 13.8 Å². The summed E-state index contributed by atoms with van der Waals surface area (Å²) in [4.78, 5) is 12.4. The molecule has 0 aliphatic carbocycles. The van der Waals surface area contributed by atoms with Gasteiger partial charge in [0.1, 0.15) is 0 Å². The predicted molar refractivity (Wildman–Crippen MR) is 105 cm³/mol. The van der Waals surface area contributed by atoms with Crippen LogP contribution in [0.5, 0.6) is 0 Å². The summed E-state index contributed by atoms with van der Waals surface area (Å²) in [5, 5.41) is 3.50. The molecule has 1 N–H and O–H groups in total. The topological polar surface area (TPSA) is 29.1 Å². The van der Waals surface area contributed by atoms with Crippen LogP contribution >= 0.6 is 11.6 Å². The molecule has 1 amide bonds. The molecule has 0 spiro atoms. The zero-order valence-electron chi connectivity index (χ0n) is 14.3. The average molecular weight is 350 g/mol. The van der Waals surface area contributed by atoms with E-state index in [1.165, 1.54) is 5.56 Å². The van der Waals surface area contributed by atoms with Crippen LogP contribution in [-0.4, -0.2) is 5.91 Å². The van der Waals surface area contributed by atoms with Gasteiger partial charge in [-0.2, -0.15) is 0 Å². The molecule has 3 rings (SSSR count). The fourth-order valence-corrected chi connectivity index (χ4v) is 3.26. The summed E-state index contributed by atoms with van der Waals surface area (Å²) in [5.41, 5.74) is 6.02. The average Bonchev–Trinajstić information content (AvgIpc) is 2.59. The lowest BCUT2D eigenvalue weighted by Gasteiger charge is -2.12. The molecule has 0 saturated heterocycles. The number of benzene rings is 3. The van der Waals surface area contributed by atoms with Crippen molar-refractivity contribution in [1.29, 1.82) is 0 Å². The monoisotopic (exact) mass is 349 g/mol. The molecule has 0 unspecified atom stereocenters. The number of nitrogens with one attached hydrogen (secondary N) is 1. The van der Waals surface area contributed by atoms with Gasteiger partial charge < -0.3 is 5.32 Å². The summed E-state index contributed by atoms with van der Waals surface area (Å²) in [6, 6.07) is 22.1. The number of halogens is 1. The second-order valence-electron chi connectivity index (χ2n) is 6.23. The maximum atomic E-state index is 12.4. The maximum Gasteiger partial charge on any atom is 0.228 e. The van der Waals surface area contributed by atoms with Crippen LogP contribution < -0.4 is 5.32 Å². The molecule has 0 aliphatic rings. The Balaban J connectivity index is 1.70. The van der Waals surface area contributed by atoms with Gasteiger partial charge in [-0.05, 0) is 47.7 Å². The molecule has 3 heteroatoms. The highest BCUT2D eigenvalue weighted by molar-refractivity contribution is 6.34. The summed E-state index contributed by atoms with van der Waals surface area (Å²) in [6.45, 7) is 3.93. The van der Waals surface area contributed by atoms with E-state index in [9.17, 15) is 4.79 Å². The van der Waals surface area contributed by atoms with Crippen molar-refractivity contribution in [1.82, 2.24) is 0 Å². The summed E-state index contributed by atoms with van der Waals surface area (Å²) in [6.07, 6.45) is 0.318. The fourth-order valence-electron chi connectivity index (χ4n) is 2.89. The van der Waals surface area contributed by atoms with E-state index in [1.807, 2.05) is 68.4 Å². The number of hydrogen-bond donors (Lipinski definition) is 1. The zero-order valence-corrected chi connectivity index (χ0v) is 15.1. The van der Waals surface area contributed by atoms with Crippen molar-refractivity contribution in [2.45, 2.75) is 20.3 Å². The predicted octanol–water partition coefficient (Wildman–Crippen LogP) is 5.81. The van der Waals surface area contributed by atoms with E-state index in [0.29, 0.717) is 17.1 Å². The van der Waals surface area contributed by atoms with Gasteiger partial charge in [-0.1, -0.05) is 72.3 Å². The molecular weight excluding hydrogens is 330 g/mol. The third-order valence-corrected chi connectivity index (χ3v) is 4.42. The minimum atomic E-state index is -0.0682. The first-order chi connectivity index (χ1) is 12.0. The largest absolute Gasteiger partial charge is 0.324 e. The zero-order chi connectivity index (χ0) is 17.8. The van der Waals surface area contributed by atoms with Gasteiger partial charge in [-0.15, -0.1) is 0 Å². The lowest BCUT2D eigenvalue weighted by atomic mass is 10.0. The Morgan fingerprint density at radius 3 is 2.20 bits per heavy atom. The molecule has 3 aromatic carbocycles. The van der Waals surface area contributed by atoms with Crippen LogP contribution in [0.1, 0.15) is 16.7 Å². The lowest BCUT2D eigenvalue weighted by Crippen LogP contribution is -2.15. The minimum absolute atomic E-state index is 0.0682. The molecule has 2 nitrogen and oxygen atoms in total. The van der Waals surface area contributed by atoms with Crippen molar-refractivity contribution in [2.24, 2.45) is 0 Å². The first-order valence-corrected chi connectivity index (χ1v) is 8.61. The molecule has 0 heterocycles. The molecule has 25 heavy (non-hydrogen) atoms. The fraction of sp³-hybridized carbons (Fsp3) is 0.136. The van der Waals surface area contributed by atoms with Crippen LogP contribution in [0.15, 0.2) is 66.7 Å². The Hall–Kier alpha value is -2.58. The first kappa shape index (κ1) is 17.2. The highest BCUT2D eigenvalue weighted by Gasteiger charge is 2.10. The van der Waals surface area contributed by atoms with E-state index in [2.05, 4.69) is 17.4 Å². The van der Waals surface area contributed by atoms with Crippen molar-refractivity contribution < 1.29 is 4.79 Å². The molecular formula is C22H20ClNO. The van der Waals surface area contributed by atoms with Crippen molar-refractivity contribution in [3.05, 3.63) is 88.4 Å². The van der Waals surface area contributed by atoms with Crippen molar-refractivity contribution in [3.8, 4) is 11.1 Å². The van der Waals surface area contributed by atoms with E-state index in [0.717, 1.165) is 22.3 Å². The SMILES string of the molecule is Cc1cc(C)c(NC(=O)Cc2ccc(-c3ccccc3)cc2)c(Cl)c1. The first-order valence-electron chi connectivity index (χ1n) is 8.24. The van der Waals surface area contributed by atoms with E-state index < -0.39 is 0 Å². The molecule has 0 fully saturated rings. The number of hydrogen-bond acceptors (Lipinski definition) is 1. The smallest absolute Gasteiger partial charge is 0.228 e. The second kappa shape index (κ2) is 7.54. The van der Waals surface area contributed by atoms with Gasteiger partial charge >= 0.3 is 0 Å². The number of aryl methyl sites for hydroxylation is 2. The van der Waals surface area contributed by atoms with Crippen molar-refractivity contribution >= 4 is 23.2 Å². The molecule has 0 aromatic heterocycles. The quantitative estimate of drug-likeness (QED) is 0.633. The van der Waals surface area contributed by atoms with Gasteiger partial charge in [0.25, 0.3) is 0 Å². The van der Waals surface area contributed by atoms with Gasteiger partial charge in [0.05, 0.1) is 17.1 Å². The summed E-state index contributed by atoms with van der Waals surface area (Å²) < 4.78 is 0. The third-order valence-electron chi connectivity index (χ3n) is 4.12. The Bertz CT molecular complexity index is 863. The van der Waals surface area contributed by atoms with Crippen molar-refractivity contribution in [3.63, 3.8) is 0 Å². The molecule has 0 radical (unpaired) electrons. The normalized spacial score (nSPS) is 10.5. The Morgan fingerprint density at radius 1 is 0.920 bits per heavy atom. The van der Waals surface area contributed by atoms with Gasteiger partial charge in [-0.3, -0.25) is 4.79 Å². The van der Waals surface area contributed by atoms with Gasteiger partial charge in [-0.25, -0.2) is 0 Å².